The minimum Gasteiger partial charge on any atom is -0.361 e. The van der Waals surface area contributed by atoms with Crippen molar-refractivity contribution >= 4 is 28.1 Å². The normalized spacial score (nSPS) is 11.1. The molecule has 1 heterocycles. The third kappa shape index (κ3) is 3.43. The van der Waals surface area contributed by atoms with Gasteiger partial charge in [-0.25, -0.2) is 9.98 Å². The molecule has 94 valence electrons. The zero-order valence-electron chi connectivity index (χ0n) is 10.4. The standard InChI is InChI=1S/C13H15BrN4/c1-10-12(17-13(14)16-10)15-9-18(2)8-11-6-4-3-5-7-11/h3-7,9H,8H2,1-2H3,(H,16,17)/b15-9-. The molecule has 0 amide bonds. The zero-order valence-corrected chi connectivity index (χ0v) is 12.0. The number of benzene rings is 1. The number of nitrogens with one attached hydrogen (secondary N) is 1. The summed E-state index contributed by atoms with van der Waals surface area (Å²) in [5, 5.41) is 0. The van der Waals surface area contributed by atoms with Crippen LogP contribution < -0.4 is 0 Å². The van der Waals surface area contributed by atoms with Crippen molar-refractivity contribution in [2.75, 3.05) is 7.05 Å². The molecule has 1 aromatic carbocycles. The largest absolute Gasteiger partial charge is 0.361 e. The fourth-order valence-corrected chi connectivity index (χ4v) is 2.07. The fraction of sp³-hybridized carbons (Fsp3) is 0.231. The van der Waals surface area contributed by atoms with Crippen LogP contribution in [0.15, 0.2) is 40.1 Å². The van der Waals surface area contributed by atoms with E-state index < -0.39 is 0 Å². The summed E-state index contributed by atoms with van der Waals surface area (Å²) in [6.45, 7) is 2.77. The second-order valence-electron chi connectivity index (χ2n) is 4.12. The Balaban J connectivity index is 1.99. The number of hydrogen-bond acceptors (Lipinski definition) is 2. The summed E-state index contributed by atoms with van der Waals surface area (Å²) in [4.78, 5) is 13.7. The Morgan fingerprint density at radius 3 is 2.72 bits per heavy atom. The number of aryl methyl sites for hydroxylation is 1. The molecular weight excluding hydrogens is 292 g/mol. The van der Waals surface area contributed by atoms with Crippen molar-refractivity contribution in [1.29, 1.82) is 0 Å². The van der Waals surface area contributed by atoms with Crippen LogP contribution in [0.1, 0.15) is 11.3 Å². The van der Waals surface area contributed by atoms with Gasteiger partial charge in [0.2, 0.25) is 0 Å². The number of halogens is 1. The van der Waals surface area contributed by atoms with E-state index in [2.05, 4.69) is 43.0 Å². The van der Waals surface area contributed by atoms with Crippen molar-refractivity contribution in [3.63, 3.8) is 0 Å². The Morgan fingerprint density at radius 1 is 1.39 bits per heavy atom. The number of H-pyrrole nitrogens is 1. The summed E-state index contributed by atoms with van der Waals surface area (Å²) in [5.41, 5.74) is 2.21. The van der Waals surface area contributed by atoms with Crippen molar-refractivity contribution in [2.24, 2.45) is 4.99 Å². The quantitative estimate of drug-likeness (QED) is 0.696. The molecule has 0 radical (unpaired) electrons. The van der Waals surface area contributed by atoms with Gasteiger partial charge in [0.1, 0.15) is 0 Å². The molecule has 0 aliphatic heterocycles. The molecule has 0 saturated heterocycles. The smallest absolute Gasteiger partial charge is 0.176 e. The van der Waals surface area contributed by atoms with Gasteiger partial charge in [-0.2, -0.15) is 0 Å². The second-order valence-corrected chi connectivity index (χ2v) is 4.87. The Bertz CT molecular complexity index is 533. The summed E-state index contributed by atoms with van der Waals surface area (Å²) >= 11 is 3.29. The predicted octanol–water partition coefficient (Wildman–Crippen LogP) is 3.27. The number of nitrogens with zero attached hydrogens (tertiary/aromatic N) is 3. The van der Waals surface area contributed by atoms with E-state index in [1.165, 1.54) is 5.56 Å². The van der Waals surface area contributed by atoms with Crippen molar-refractivity contribution in [3.05, 3.63) is 46.3 Å². The van der Waals surface area contributed by atoms with Crippen molar-refractivity contribution in [1.82, 2.24) is 14.9 Å². The monoisotopic (exact) mass is 306 g/mol. The summed E-state index contributed by atoms with van der Waals surface area (Å²) in [5.74, 6) is 0.710. The van der Waals surface area contributed by atoms with Gasteiger partial charge in [-0.05, 0) is 28.4 Å². The fourth-order valence-electron chi connectivity index (χ4n) is 1.61. The number of aromatic amines is 1. The van der Waals surface area contributed by atoms with Crippen LogP contribution in [0.25, 0.3) is 0 Å². The van der Waals surface area contributed by atoms with Crippen LogP contribution in [0.4, 0.5) is 5.82 Å². The maximum absolute atomic E-state index is 4.35. The summed E-state index contributed by atoms with van der Waals surface area (Å²) < 4.78 is 0.706. The van der Waals surface area contributed by atoms with Gasteiger partial charge < -0.3 is 9.88 Å². The van der Waals surface area contributed by atoms with Crippen LogP contribution in [0, 0.1) is 6.92 Å². The van der Waals surface area contributed by atoms with Gasteiger partial charge in [-0.15, -0.1) is 0 Å². The highest BCUT2D eigenvalue weighted by Gasteiger charge is 2.02. The molecule has 0 bridgehead atoms. The molecule has 18 heavy (non-hydrogen) atoms. The molecule has 0 aliphatic carbocycles. The van der Waals surface area contributed by atoms with Gasteiger partial charge >= 0.3 is 0 Å². The maximum Gasteiger partial charge on any atom is 0.176 e. The lowest BCUT2D eigenvalue weighted by Crippen LogP contribution is -2.15. The van der Waals surface area contributed by atoms with Crippen LogP contribution in [0.5, 0.6) is 0 Å². The Kier molecular flexibility index (Phi) is 4.15. The topological polar surface area (TPSA) is 44.3 Å². The van der Waals surface area contributed by atoms with E-state index >= 15 is 0 Å². The average Bonchev–Trinajstić information content (AvgIpc) is 2.66. The molecule has 5 heteroatoms. The van der Waals surface area contributed by atoms with Gasteiger partial charge in [0, 0.05) is 13.6 Å². The maximum atomic E-state index is 4.35. The first kappa shape index (κ1) is 12.8. The molecule has 0 unspecified atom stereocenters. The van der Waals surface area contributed by atoms with E-state index in [4.69, 9.17) is 0 Å². The average molecular weight is 307 g/mol. The van der Waals surface area contributed by atoms with Crippen molar-refractivity contribution in [2.45, 2.75) is 13.5 Å². The number of aromatic nitrogens is 2. The lowest BCUT2D eigenvalue weighted by molar-refractivity contribution is 0.516. The van der Waals surface area contributed by atoms with E-state index in [9.17, 15) is 0 Å². The highest BCUT2D eigenvalue weighted by molar-refractivity contribution is 9.10. The molecule has 0 aliphatic rings. The molecule has 0 spiro atoms. The van der Waals surface area contributed by atoms with Gasteiger partial charge in [0.05, 0.1) is 12.0 Å². The Morgan fingerprint density at radius 2 is 2.11 bits per heavy atom. The molecule has 1 N–H and O–H groups in total. The van der Waals surface area contributed by atoms with Gasteiger partial charge in [-0.3, -0.25) is 0 Å². The Hall–Kier alpha value is -1.62. The highest BCUT2D eigenvalue weighted by Crippen LogP contribution is 2.17. The van der Waals surface area contributed by atoms with Crippen LogP contribution in [0.3, 0.4) is 0 Å². The molecule has 4 nitrogen and oxygen atoms in total. The molecule has 0 atom stereocenters. The number of aliphatic imine (C=N–C) groups is 1. The first-order valence-corrected chi connectivity index (χ1v) is 6.45. The molecule has 2 aromatic rings. The van der Waals surface area contributed by atoms with E-state index in [1.807, 2.05) is 37.1 Å². The summed E-state index contributed by atoms with van der Waals surface area (Å²) in [6, 6.07) is 10.3. The Labute approximate surface area is 115 Å². The molecule has 0 saturated carbocycles. The summed E-state index contributed by atoms with van der Waals surface area (Å²) in [6.07, 6.45) is 1.79. The van der Waals surface area contributed by atoms with E-state index in [1.54, 1.807) is 6.34 Å². The van der Waals surface area contributed by atoms with Crippen LogP contribution in [-0.4, -0.2) is 28.3 Å². The number of hydrogen-bond donors (Lipinski definition) is 1. The second kappa shape index (κ2) is 5.82. The SMILES string of the molecule is Cc1[nH]c(Br)nc1/N=C\N(C)Cc1ccccc1. The third-order valence-electron chi connectivity index (χ3n) is 2.48. The lowest BCUT2D eigenvalue weighted by atomic mass is 10.2. The molecule has 0 fully saturated rings. The van der Waals surface area contributed by atoms with Crippen LogP contribution in [-0.2, 0) is 6.54 Å². The van der Waals surface area contributed by atoms with Crippen LogP contribution in [0.2, 0.25) is 0 Å². The van der Waals surface area contributed by atoms with Gasteiger partial charge in [0.25, 0.3) is 0 Å². The zero-order chi connectivity index (χ0) is 13.0. The third-order valence-corrected chi connectivity index (χ3v) is 2.86. The minimum absolute atomic E-state index is 0.706. The van der Waals surface area contributed by atoms with E-state index in [-0.39, 0.29) is 0 Å². The number of rotatable bonds is 4. The minimum atomic E-state index is 0.706. The van der Waals surface area contributed by atoms with Crippen molar-refractivity contribution < 1.29 is 0 Å². The van der Waals surface area contributed by atoms with Crippen molar-refractivity contribution in [3.8, 4) is 0 Å². The number of imidazole rings is 1. The lowest BCUT2D eigenvalue weighted by Gasteiger charge is -2.12. The first-order valence-electron chi connectivity index (χ1n) is 5.65. The predicted molar refractivity (Wildman–Crippen MR) is 77.1 cm³/mol. The molecular formula is C13H15BrN4. The van der Waals surface area contributed by atoms with Gasteiger partial charge in [0.15, 0.2) is 10.6 Å². The summed E-state index contributed by atoms with van der Waals surface area (Å²) in [7, 11) is 1.99. The van der Waals surface area contributed by atoms with Crippen LogP contribution >= 0.6 is 15.9 Å². The first-order chi connectivity index (χ1) is 8.65. The molecule has 2 rings (SSSR count). The van der Waals surface area contributed by atoms with Gasteiger partial charge in [-0.1, -0.05) is 30.3 Å². The van der Waals surface area contributed by atoms with E-state index in [0.29, 0.717) is 10.6 Å². The van der Waals surface area contributed by atoms with E-state index in [0.717, 1.165) is 12.2 Å². The molecule has 1 aromatic heterocycles. The highest BCUT2D eigenvalue weighted by atomic mass is 79.9.